The molecule has 0 aliphatic carbocycles. The Bertz CT molecular complexity index is 413. The van der Waals surface area contributed by atoms with Gasteiger partial charge in [-0.3, -0.25) is 4.79 Å². The van der Waals surface area contributed by atoms with E-state index < -0.39 is 0 Å². The van der Waals surface area contributed by atoms with Crippen molar-refractivity contribution in [2.45, 2.75) is 26.7 Å². The van der Waals surface area contributed by atoms with Gasteiger partial charge < -0.3 is 9.94 Å². The van der Waals surface area contributed by atoms with Gasteiger partial charge in [-0.25, -0.2) is 0 Å². The Balaban J connectivity index is 2.78. The van der Waals surface area contributed by atoms with Crippen LogP contribution in [0.4, 0.5) is 0 Å². The van der Waals surface area contributed by atoms with Gasteiger partial charge in [0.25, 0.3) is 0 Å². The predicted molar refractivity (Wildman–Crippen MR) is 65.5 cm³/mol. The third-order valence-electron chi connectivity index (χ3n) is 2.53. The van der Waals surface area contributed by atoms with Gasteiger partial charge in [-0.1, -0.05) is 23.4 Å². The maximum Gasteiger partial charge on any atom is 0.306 e. The van der Waals surface area contributed by atoms with E-state index in [1.54, 1.807) is 6.92 Å². The van der Waals surface area contributed by atoms with Crippen LogP contribution in [0.25, 0.3) is 0 Å². The minimum atomic E-state index is -0.206. The van der Waals surface area contributed by atoms with E-state index in [0.717, 1.165) is 16.7 Å². The highest BCUT2D eigenvalue weighted by Gasteiger charge is 2.08. The Morgan fingerprint density at radius 2 is 2.29 bits per heavy atom. The fraction of sp³-hybridized carbons (Fsp3) is 0.385. The standard InChI is InChI=1S/C13H17NO3/c1-3-17-13(15)8-7-12-10(2)5-4-6-11(12)9-14-16/h4-6,9,16H,3,7-8H2,1-2H3/b14-9+. The van der Waals surface area contributed by atoms with Gasteiger partial charge in [0, 0.05) is 6.42 Å². The van der Waals surface area contributed by atoms with Crippen LogP contribution < -0.4 is 0 Å². The van der Waals surface area contributed by atoms with E-state index >= 15 is 0 Å². The molecule has 1 N–H and O–H groups in total. The number of nitrogens with zero attached hydrogens (tertiary/aromatic N) is 1. The van der Waals surface area contributed by atoms with Crippen LogP contribution in [0.2, 0.25) is 0 Å². The molecule has 0 aromatic heterocycles. The lowest BCUT2D eigenvalue weighted by Gasteiger charge is -2.08. The first-order chi connectivity index (χ1) is 8.19. The fourth-order valence-electron chi connectivity index (χ4n) is 1.71. The number of benzene rings is 1. The Hall–Kier alpha value is -1.84. The van der Waals surface area contributed by atoms with Crippen LogP contribution in [0.15, 0.2) is 23.4 Å². The number of esters is 1. The number of ether oxygens (including phenoxy) is 1. The molecule has 1 rings (SSSR count). The van der Waals surface area contributed by atoms with Gasteiger partial charge in [-0.15, -0.1) is 0 Å². The molecule has 0 saturated heterocycles. The van der Waals surface area contributed by atoms with Gasteiger partial charge in [0.05, 0.1) is 12.8 Å². The van der Waals surface area contributed by atoms with Gasteiger partial charge in [-0.2, -0.15) is 0 Å². The topological polar surface area (TPSA) is 58.9 Å². The molecule has 0 amide bonds. The zero-order valence-corrected chi connectivity index (χ0v) is 10.1. The van der Waals surface area contributed by atoms with Crippen molar-refractivity contribution in [3.63, 3.8) is 0 Å². The summed E-state index contributed by atoms with van der Waals surface area (Å²) in [5, 5.41) is 11.6. The molecule has 0 unspecified atom stereocenters. The van der Waals surface area contributed by atoms with Crippen molar-refractivity contribution >= 4 is 12.2 Å². The fourth-order valence-corrected chi connectivity index (χ4v) is 1.71. The Kier molecular flexibility index (Phi) is 5.20. The molecule has 1 aromatic carbocycles. The number of aryl methyl sites for hydroxylation is 1. The summed E-state index contributed by atoms with van der Waals surface area (Å²) in [6, 6.07) is 5.71. The summed E-state index contributed by atoms with van der Waals surface area (Å²) in [5.41, 5.74) is 2.92. The third-order valence-corrected chi connectivity index (χ3v) is 2.53. The van der Waals surface area contributed by atoms with E-state index in [9.17, 15) is 4.79 Å². The summed E-state index contributed by atoms with van der Waals surface area (Å²) in [5.74, 6) is -0.206. The molecule has 4 heteroatoms. The van der Waals surface area contributed by atoms with Gasteiger partial charge >= 0.3 is 5.97 Å². The van der Waals surface area contributed by atoms with Crippen LogP contribution in [0.1, 0.15) is 30.0 Å². The molecule has 92 valence electrons. The number of hydrogen-bond donors (Lipinski definition) is 1. The number of carbonyl (C=O) groups is 1. The minimum Gasteiger partial charge on any atom is -0.466 e. The van der Waals surface area contributed by atoms with Crippen LogP contribution >= 0.6 is 0 Å². The summed E-state index contributed by atoms with van der Waals surface area (Å²) in [6.07, 6.45) is 2.31. The van der Waals surface area contributed by atoms with Gasteiger partial charge in [-0.05, 0) is 37.0 Å². The van der Waals surface area contributed by atoms with Gasteiger partial charge in [0.1, 0.15) is 0 Å². The van der Waals surface area contributed by atoms with Crippen LogP contribution in [-0.4, -0.2) is 24.0 Å². The number of carbonyl (C=O) groups excluding carboxylic acids is 1. The summed E-state index contributed by atoms with van der Waals surface area (Å²) in [6.45, 7) is 4.16. The van der Waals surface area contributed by atoms with Gasteiger partial charge in [0.15, 0.2) is 0 Å². The Labute approximate surface area is 101 Å². The zero-order chi connectivity index (χ0) is 12.7. The molecule has 0 aliphatic heterocycles. The average molecular weight is 235 g/mol. The molecule has 0 atom stereocenters. The third kappa shape index (κ3) is 3.90. The highest BCUT2D eigenvalue weighted by Crippen LogP contribution is 2.15. The molecule has 0 fully saturated rings. The Morgan fingerprint density at radius 3 is 2.94 bits per heavy atom. The quantitative estimate of drug-likeness (QED) is 0.369. The number of oxime groups is 1. The highest BCUT2D eigenvalue weighted by atomic mass is 16.5. The van der Waals surface area contributed by atoms with Crippen molar-refractivity contribution < 1.29 is 14.7 Å². The lowest BCUT2D eigenvalue weighted by molar-refractivity contribution is -0.143. The second kappa shape index (κ2) is 6.68. The van der Waals surface area contributed by atoms with E-state index in [0.29, 0.717) is 19.4 Å². The number of rotatable bonds is 5. The van der Waals surface area contributed by atoms with E-state index in [4.69, 9.17) is 9.94 Å². The zero-order valence-electron chi connectivity index (χ0n) is 10.1. The van der Waals surface area contributed by atoms with E-state index in [2.05, 4.69) is 5.16 Å². The smallest absolute Gasteiger partial charge is 0.306 e. The number of hydrogen-bond acceptors (Lipinski definition) is 4. The molecule has 0 heterocycles. The summed E-state index contributed by atoms with van der Waals surface area (Å²) in [4.78, 5) is 11.3. The molecular weight excluding hydrogens is 218 g/mol. The first-order valence-corrected chi connectivity index (χ1v) is 5.60. The predicted octanol–water partition coefficient (Wildman–Crippen LogP) is 2.30. The lowest BCUT2D eigenvalue weighted by Crippen LogP contribution is -2.07. The van der Waals surface area contributed by atoms with Crippen LogP contribution in [0.3, 0.4) is 0 Å². The summed E-state index contributed by atoms with van der Waals surface area (Å²) < 4.78 is 4.88. The minimum absolute atomic E-state index is 0.206. The highest BCUT2D eigenvalue weighted by molar-refractivity contribution is 5.82. The first kappa shape index (κ1) is 13.2. The molecule has 0 bridgehead atoms. The molecule has 4 nitrogen and oxygen atoms in total. The van der Waals surface area contributed by atoms with Crippen LogP contribution in [0.5, 0.6) is 0 Å². The molecule has 17 heavy (non-hydrogen) atoms. The SMILES string of the molecule is CCOC(=O)CCc1c(C)cccc1/C=N/O. The first-order valence-electron chi connectivity index (χ1n) is 5.60. The summed E-state index contributed by atoms with van der Waals surface area (Å²) >= 11 is 0. The van der Waals surface area contributed by atoms with Crippen molar-refractivity contribution in [1.29, 1.82) is 0 Å². The average Bonchev–Trinajstić information content (AvgIpc) is 2.29. The van der Waals surface area contributed by atoms with Crippen molar-refractivity contribution in [2.75, 3.05) is 6.61 Å². The largest absolute Gasteiger partial charge is 0.466 e. The van der Waals surface area contributed by atoms with E-state index in [-0.39, 0.29) is 5.97 Å². The summed E-state index contributed by atoms with van der Waals surface area (Å²) in [7, 11) is 0. The molecule has 1 aromatic rings. The van der Waals surface area contributed by atoms with E-state index in [1.165, 1.54) is 6.21 Å². The molecular formula is C13H17NO3. The maximum atomic E-state index is 11.3. The molecule has 0 spiro atoms. The molecule has 0 saturated carbocycles. The maximum absolute atomic E-state index is 11.3. The van der Waals surface area contributed by atoms with Crippen molar-refractivity contribution in [1.82, 2.24) is 0 Å². The molecule has 0 aliphatic rings. The molecule has 0 radical (unpaired) electrons. The van der Waals surface area contributed by atoms with Crippen molar-refractivity contribution in [3.8, 4) is 0 Å². The second-order valence-corrected chi connectivity index (χ2v) is 3.69. The lowest BCUT2D eigenvalue weighted by atomic mass is 9.98. The van der Waals surface area contributed by atoms with Crippen LogP contribution in [0, 0.1) is 6.92 Å². The second-order valence-electron chi connectivity index (χ2n) is 3.69. The monoisotopic (exact) mass is 235 g/mol. The van der Waals surface area contributed by atoms with Crippen LogP contribution in [-0.2, 0) is 16.0 Å². The van der Waals surface area contributed by atoms with Crippen molar-refractivity contribution in [3.05, 3.63) is 34.9 Å². The van der Waals surface area contributed by atoms with Gasteiger partial charge in [0.2, 0.25) is 0 Å². The van der Waals surface area contributed by atoms with Crippen molar-refractivity contribution in [2.24, 2.45) is 5.16 Å². The van der Waals surface area contributed by atoms with E-state index in [1.807, 2.05) is 25.1 Å². The Morgan fingerprint density at radius 1 is 1.53 bits per heavy atom. The normalized spacial score (nSPS) is 10.7.